The summed E-state index contributed by atoms with van der Waals surface area (Å²) in [5.74, 6) is 0.114. The molecule has 0 saturated heterocycles. The van der Waals surface area contributed by atoms with E-state index in [1.807, 2.05) is 0 Å². The number of nitrogens with zero attached hydrogens (tertiary/aromatic N) is 3. The van der Waals surface area contributed by atoms with Crippen LogP contribution < -0.4 is 16.9 Å². The first-order valence-electron chi connectivity index (χ1n) is 4.85. The molecule has 0 aliphatic carbocycles. The lowest BCUT2D eigenvalue weighted by atomic mass is 10.5. The predicted molar refractivity (Wildman–Crippen MR) is 72.9 cm³/mol. The summed E-state index contributed by atoms with van der Waals surface area (Å²) in [6.07, 6.45) is 0. The summed E-state index contributed by atoms with van der Waals surface area (Å²) >= 11 is 12.7. The van der Waals surface area contributed by atoms with Gasteiger partial charge >= 0.3 is 11.1 Å². The van der Waals surface area contributed by atoms with Gasteiger partial charge in [-0.3, -0.25) is 19.4 Å². The Labute approximate surface area is 120 Å². The van der Waals surface area contributed by atoms with Crippen LogP contribution >= 0.6 is 35.0 Å². The highest BCUT2D eigenvalue weighted by Gasteiger charge is 2.12. The summed E-state index contributed by atoms with van der Waals surface area (Å²) in [4.78, 5) is 29.9. The van der Waals surface area contributed by atoms with Crippen molar-refractivity contribution >= 4 is 40.8 Å². The van der Waals surface area contributed by atoms with Gasteiger partial charge in [-0.25, -0.2) is 4.98 Å². The van der Waals surface area contributed by atoms with Crippen LogP contribution in [0.2, 0.25) is 10.0 Å². The van der Waals surface area contributed by atoms with Crippen LogP contribution in [0.5, 0.6) is 0 Å². The van der Waals surface area contributed by atoms with Gasteiger partial charge in [0, 0.05) is 7.05 Å². The summed E-state index contributed by atoms with van der Waals surface area (Å²) < 4.78 is 1.29. The van der Waals surface area contributed by atoms with Crippen molar-refractivity contribution in [3.05, 3.63) is 36.8 Å². The molecule has 0 aliphatic heterocycles. The number of halogens is 2. The van der Waals surface area contributed by atoms with Gasteiger partial charge in [-0.05, 0) is 17.8 Å². The van der Waals surface area contributed by atoms with Crippen LogP contribution in [0.25, 0.3) is 0 Å². The fourth-order valence-electron chi connectivity index (χ4n) is 1.17. The molecule has 0 radical (unpaired) electrons. The van der Waals surface area contributed by atoms with Gasteiger partial charge in [0.25, 0.3) is 0 Å². The van der Waals surface area contributed by atoms with Gasteiger partial charge in [-0.1, -0.05) is 23.2 Å². The molecule has 100 valence electrons. The molecule has 0 saturated carbocycles. The molecule has 2 rings (SSSR count). The zero-order valence-electron chi connectivity index (χ0n) is 9.48. The fourth-order valence-corrected chi connectivity index (χ4v) is 2.43. The molecule has 2 aromatic heterocycles. The Kier molecular flexibility index (Phi) is 3.83. The van der Waals surface area contributed by atoms with E-state index >= 15 is 0 Å². The molecule has 0 spiro atoms. The highest BCUT2D eigenvalue weighted by molar-refractivity contribution is 7.99. The number of aryl methyl sites for hydroxylation is 1. The number of anilines is 1. The SMILES string of the molecule is Cn1[nH]c(=O)c(=O)nc1Sc1nc(N)c(Cl)cc1Cl. The van der Waals surface area contributed by atoms with Gasteiger partial charge in [-0.15, -0.1) is 0 Å². The molecule has 2 heterocycles. The Bertz CT molecular complexity index is 757. The van der Waals surface area contributed by atoms with E-state index in [9.17, 15) is 9.59 Å². The maximum atomic E-state index is 11.2. The van der Waals surface area contributed by atoms with Crippen molar-refractivity contribution in [2.45, 2.75) is 10.2 Å². The molecule has 0 aliphatic rings. The van der Waals surface area contributed by atoms with E-state index in [1.165, 1.54) is 17.8 Å². The van der Waals surface area contributed by atoms with Crippen molar-refractivity contribution in [1.82, 2.24) is 19.7 Å². The van der Waals surface area contributed by atoms with Crippen molar-refractivity contribution in [1.29, 1.82) is 0 Å². The van der Waals surface area contributed by atoms with Crippen molar-refractivity contribution in [2.24, 2.45) is 7.05 Å². The third kappa shape index (κ3) is 2.91. The normalized spacial score (nSPS) is 10.7. The number of rotatable bonds is 2. The van der Waals surface area contributed by atoms with Crippen LogP contribution in [-0.2, 0) is 7.05 Å². The molecule has 3 N–H and O–H groups in total. The molecular weight excluding hydrogens is 313 g/mol. The first kappa shape index (κ1) is 13.9. The second-order valence-corrected chi connectivity index (χ2v) is 5.21. The van der Waals surface area contributed by atoms with Crippen molar-refractivity contribution in [2.75, 3.05) is 5.73 Å². The average molecular weight is 320 g/mol. The number of nitrogens with two attached hydrogens (primary N) is 1. The summed E-state index contributed by atoms with van der Waals surface area (Å²) in [6, 6.07) is 1.44. The number of aromatic nitrogens is 4. The summed E-state index contributed by atoms with van der Waals surface area (Å²) in [7, 11) is 1.53. The lowest BCUT2D eigenvalue weighted by Crippen LogP contribution is -2.33. The maximum absolute atomic E-state index is 11.2. The molecule has 0 bridgehead atoms. The molecule has 0 unspecified atom stereocenters. The summed E-state index contributed by atoms with van der Waals surface area (Å²) in [6.45, 7) is 0. The lowest BCUT2D eigenvalue weighted by Gasteiger charge is -2.07. The molecule has 0 aromatic carbocycles. The maximum Gasteiger partial charge on any atom is 0.339 e. The molecule has 2 aromatic rings. The Morgan fingerprint density at radius 3 is 2.68 bits per heavy atom. The van der Waals surface area contributed by atoms with E-state index in [-0.39, 0.29) is 21.0 Å². The molecule has 10 heteroatoms. The van der Waals surface area contributed by atoms with E-state index in [4.69, 9.17) is 28.9 Å². The van der Waals surface area contributed by atoms with Crippen LogP contribution in [0.3, 0.4) is 0 Å². The number of pyridine rings is 1. The summed E-state index contributed by atoms with van der Waals surface area (Å²) in [5.41, 5.74) is 3.88. The van der Waals surface area contributed by atoms with Gasteiger partial charge in [0.2, 0.25) is 0 Å². The highest BCUT2D eigenvalue weighted by atomic mass is 35.5. The van der Waals surface area contributed by atoms with Crippen LogP contribution in [0.4, 0.5) is 5.82 Å². The predicted octanol–water partition coefficient (Wildman–Crippen LogP) is 0.904. The van der Waals surface area contributed by atoms with Gasteiger partial charge in [0.05, 0.1) is 10.0 Å². The van der Waals surface area contributed by atoms with Crippen molar-refractivity contribution in [3.8, 4) is 0 Å². The molecule has 7 nitrogen and oxygen atoms in total. The smallest absolute Gasteiger partial charge is 0.339 e. The Morgan fingerprint density at radius 1 is 1.32 bits per heavy atom. The fraction of sp³-hybridized carbons (Fsp3) is 0.111. The second kappa shape index (κ2) is 5.24. The standard InChI is InChI=1S/C9H7Cl2N5O2S/c1-16-9(14-6(17)7(18)15-16)19-8-4(11)2-3(10)5(12)13-8/h2H,1H3,(H2,12,13)(H,15,18). The first-order valence-corrected chi connectivity index (χ1v) is 6.42. The second-order valence-electron chi connectivity index (χ2n) is 3.44. The minimum atomic E-state index is -0.890. The Morgan fingerprint density at radius 2 is 2.00 bits per heavy atom. The third-order valence-electron chi connectivity index (χ3n) is 2.06. The summed E-state index contributed by atoms with van der Waals surface area (Å²) in [5, 5.41) is 3.37. The zero-order valence-corrected chi connectivity index (χ0v) is 11.8. The molecular formula is C9H7Cl2N5O2S. The average Bonchev–Trinajstić information content (AvgIpc) is 2.32. The van der Waals surface area contributed by atoms with E-state index in [2.05, 4.69) is 15.1 Å². The minimum Gasteiger partial charge on any atom is -0.382 e. The number of nitrogen functional groups attached to an aromatic ring is 1. The zero-order chi connectivity index (χ0) is 14.2. The van der Waals surface area contributed by atoms with E-state index in [0.717, 1.165) is 11.8 Å². The van der Waals surface area contributed by atoms with Crippen molar-refractivity contribution < 1.29 is 0 Å². The van der Waals surface area contributed by atoms with E-state index in [0.29, 0.717) is 5.03 Å². The number of nitrogens with one attached hydrogen (secondary N) is 1. The van der Waals surface area contributed by atoms with Crippen LogP contribution in [-0.4, -0.2) is 19.7 Å². The number of hydrogen-bond donors (Lipinski definition) is 2. The van der Waals surface area contributed by atoms with Crippen LogP contribution in [0, 0.1) is 0 Å². The molecule has 0 fully saturated rings. The monoisotopic (exact) mass is 319 g/mol. The molecule has 0 amide bonds. The number of aromatic amines is 1. The topological polar surface area (TPSA) is 107 Å². The van der Waals surface area contributed by atoms with Crippen molar-refractivity contribution in [3.63, 3.8) is 0 Å². The Balaban J connectivity index is 2.47. The molecule has 0 atom stereocenters. The van der Waals surface area contributed by atoms with Crippen LogP contribution in [0.1, 0.15) is 0 Å². The minimum absolute atomic E-state index is 0.114. The quantitative estimate of drug-likeness (QED) is 0.796. The Hall–Kier alpha value is -1.51. The van der Waals surface area contributed by atoms with Gasteiger partial charge in [0.1, 0.15) is 10.8 Å². The van der Waals surface area contributed by atoms with E-state index < -0.39 is 11.1 Å². The van der Waals surface area contributed by atoms with Gasteiger partial charge in [-0.2, -0.15) is 4.98 Å². The lowest BCUT2D eigenvalue weighted by molar-refractivity contribution is 0.596. The van der Waals surface area contributed by atoms with E-state index in [1.54, 1.807) is 0 Å². The largest absolute Gasteiger partial charge is 0.382 e. The van der Waals surface area contributed by atoms with Gasteiger partial charge in [0.15, 0.2) is 5.16 Å². The highest BCUT2D eigenvalue weighted by Crippen LogP contribution is 2.33. The first-order chi connectivity index (χ1) is 8.88. The van der Waals surface area contributed by atoms with Gasteiger partial charge < -0.3 is 5.73 Å². The molecule has 19 heavy (non-hydrogen) atoms. The number of hydrogen-bond acceptors (Lipinski definition) is 6. The third-order valence-corrected chi connectivity index (χ3v) is 3.82. The van der Waals surface area contributed by atoms with Crippen LogP contribution in [0.15, 0.2) is 25.8 Å². The number of H-pyrrole nitrogens is 1.